The predicted octanol–water partition coefficient (Wildman–Crippen LogP) is 4.83. The minimum absolute atomic E-state index is 0.426. The Balaban J connectivity index is 2.40. The molecule has 2 aromatic rings. The van der Waals surface area contributed by atoms with Crippen molar-refractivity contribution in [1.82, 2.24) is 4.90 Å². The third-order valence-corrected chi connectivity index (χ3v) is 4.07. The summed E-state index contributed by atoms with van der Waals surface area (Å²) in [6.45, 7) is 4.40. The molecule has 0 bridgehead atoms. The second kappa shape index (κ2) is 7.60. The molecule has 0 amide bonds. The number of allylic oxidation sites excluding steroid dienone is 1. The van der Waals surface area contributed by atoms with E-state index in [1.54, 1.807) is 0 Å². The van der Waals surface area contributed by atoms with E-state index in [-0.39, 0.29) is 0 Å². The van der Waals surface area contributed by atoms with E-state index in [9.17, 15) is 0 Å². The van der Waals surface area contributed by atoms with Crippen LogP contribution in [-0.4, -0.2) is 23.7 Å². The Kier molecular flexibility index (Phi) is 5.54. The lowest BCUT2D eigenvalue weighted by molar-refractivity contribution is 0.362. The molecule has 0 aliphatic heterocycles. The van der Waals surface area contributed by atoms with Crippen LogP contribution < -0.4 is 0 Å². The Bertz CT molecular complexity index is 629. The van der Waals surface area contributed by atoms with Gasteiger partial charge in [-0.2, -0.15) is 0 Å². The second-order valence-electron chi connectivity index (χ2n) is 5.54. The zero-order chi connectivity index (χ0) is 15.9. The maximum atomic E-state index is 8.40. The number of nitrogens with zero attached hydrogens (tertiary/aromatic N) is 1. The van der Waals surface area contributed by atoms with E-state index in [0.717, 1.165) is 23.2 Å². The van der Waals surface area contributed by atoms with Crippen LogP contribution in [0.3, 0.4) is 0 Å². The van der Waals surface area contributed by atoms with Gasteiger partial charge in [-0.15, -0.1) is 0 Å². The highest BCUT2D eigenvalue weighted by atomic mass is 15.1. The largest absolute Gasteiger partial charge is 0.371 e. The molecule has 2 heteroatoms. The van der Waals surface area contributed by atoms with E-state index in [2.05, 4.69) is 37.9 Å². The summed E-state index contributed by atoms with van der Waals surface area (Å²) in [5.41, 5.74) is 3.71. The summed E-state index contributed by atoms with van der Waals surface area (Å²) in [6, 6.07) is 20.6. The van der Waals surface area contributed by atoms with Gasteiger partial charge in [-0.1, -0.05) is 67.6 Å². The zero-order valence-electron chi connectivity index (χ0n) is 13.6. The fourth-order valence-electron chi connectivity index (χ4n) is 2.35. The number of hydrogen-bond donors (Lipinski definition) is 1. The minimum Gasteiger partial charge on any atom is -0.371 e. The van der Waals surface area contributed by atoms with Crippen molar-refractivity contribution >= 4 is 11.4 Å². The van der Waals surface area contributed by atoms with E-state index in [0.29, 0.717) is 11.8 Å². The van der Waals surface area contributed by atoms with Crippen LogP contribution in [0.4, 0.5) is 0 Å². The smallest absolute Gasteiger partial charge is 0.0633 e. The van der Waals surface area contributed by atoms with E-state index in [1.807, 2.05) is 54.6 Å². The number of rotatable bonds is 6. The first-order valence-electron chi connectivity index (χ1n) is 7.77. The predicted molar refractivity (Wildman–Crippen MR) is 95.2 cm³/mol. The van der Waals surface area contributed by atoms with Gasteiger partial charge in [0.1, 0.15) is 0 Å². The van der Waals surface area contributed by atoms with Gasteiger partial charge in [0, 0.05) is 18.8 Å². The van der Waals surface area contributed by atoms with Crippen molar-refractivity contribution in [3.05, 3.63) is 77.9 Å². The van der Waals surface area contributed by atoms with Gasteiger partial charge in [0.05, 0.1) is 5.71 Å². The molecule has 0 saturated carbocycles. The molecule has 114 valence electrons. The maximum Gasteiger partial charge on any atom is 0.0633 e. The highest BCUT2D eigenvalue weighted by molar-refractivity contribution is 6.10. The monoisotopic (exact) mass is 292 g/mol. The van der Waals surface area contributed by atoms with Crippen molar-refractivity contribution in [2.24, 2.45) is 0 Å². The minimum atomic E-state index is 0.426. The second-order valence-corrected chi connectivity index (χ2v) is 5.54. The van der Waals surface area contributed by atoms with Crippen LogP contribution in [0.2, 0.25) is 0 Å². The first-order chi connectivity index (χ1) is 10.6. The molecule has 0 saturated heterocycles. The van der Waals surface area contributed by atoms with Crippen LogP contribution in [0, 0.1) is 5.41 Å². The Hall–Kier alpha value is -2.35. The molecule has 1 N–H and O–H groups in total. The van der Waals surface area contributed by atoms with Crippen molar-refractivity contribution in [3.8, 4) is 0 Å². The SMILES string of the molecule is CCC(C)N(C)/C(=C\C(=N)c1ccccc1)c1ccccc1. The Morgan fingerprint density at radius 1 is 1.00 bits per heavy atom. The van der Waals surface area contributed by atoms with Crippen molar-refractivity contribution in [3.63, 3.8) is 0 Å². The summed E-state index contributed by atoms with van der Waals surface area (Å²) in [4.78, 5) is 2.26. The third-order valence-electron chi connectivity index (χ3n) is 4.07. The van der Waals surface area contributed by atoms with Crippen LogP contribution >= 0.6 is 0 Å². The Morgan fingerprint density at radius 3 is 2.00 bits per heavy atom. The fourth-order valence-corrected chi connectivity index (χ4v) is 2.35. The molecule has 0 aromatic heterocycles. The summed E-state index contributed by atoms with van der Waals surface area (Å²) in [5.74, 6) is 0. The molecule has 0 aliphatic carbocycles. The van der Waals surface area contributed by atoms with Crippen LogP contribution in [0.1, 0.15) is 31.4 Å². The first kappa shape index (κ1) is 16.0. The van der Waals surface area contributed by atoms with Gasteiger partial charge in [0.25, 0.3) is 0 Å². The molecule has 0 aliphatic rings. The Labute approximate surface area is 133 Å². The molecule has 0 radical (unpaired) electrons. The molecule has 0 spiro atoms. The van der Waals surface area contributed by atoms with E-state index < -0.39 is 0 Å². The lowest BCUT2D eigenvalue weighted by atomic mass is 10.0. The van der Waals surface area contributed by atoms with E-state index in [1.165, 1.54) is 0 Å². The van der Waals surface area contributed by atoms with Gasteiger partial charge in [0.2, 0.25) is 0 Å². The number of benzene rings is 2. The van der Waals surface area contributed by atoms with E-state index in [4.69, 9.17) is 5.41 Å². The maximum absolute atomic E-state index is 8.40. The van der Waals surface area contributed by atoms with Gasteiger partial charge in [-0.05, 0) is 30.5 Å². The normalized spacial score (nSPS) is 12.8. The van der Waals surface area contributed by atoms with E-state index >= 15 is 0 Å². The molecule has 0 fully saturated rings. The number of hydrogen-bond acceptors (Lipinski definition) is 2. The fraction of sp³-hybridized carbons (Fsp3) is 0.250. The molecule has 0 heterocycles. The molecule has 1 unspecified atom stereocenters. The van der Waals surface area contributed by atoms with Gasteiger partial charge in [0.15, 0.2) is 0 Å². The molecule has 2 rings (SSSR count). The molecule has 2 nitrogen and oxygen atoms in total. The standard InChI is InChI=1S/C20H24N2/c1-4-16(2)22(3)20(18-13-9-6-10-14-18)15-19(21)17-11-7-5-8-12-17/h5-16,21H,4H2,1-3H3/b20-15-,21-19?. The van der Waals surface area contributed by atoms with Gasteiger partial charge >= 0.3 is 0 Å². The van der Waals surface area contributed by atoms with Gasteiger partial charge in [-0.3, -0.25) is 0 Å². The summed E-state index contributed by atoms with van der Waals surface area (Å²) in [6.07, 6.45) is 3.04. The molecular formula is C20H24N2. The van der Waals surface area contributed by atoms with Crippen LogP contribution in [0.15, 0.2) is 66.7 Å². The summed E-state index contributed by atoms with van der Waals surface area (Å²) in [7, 11) is 2.10. The van der Waals surface area contributed by atoms with Crippen molar-refractivity contribution in [2.45, 2.75) is 26.3 Å². The summed E-state index contributed by atoms with van der Waals surface area (Å²) in [5, 5.41) is 8.40. The third kappa shape index (κ3) is 3.85. The van der Waals surface area contributed by atoms with Crippen LogP contribution in [0.5, 0.6) is 0 Å². The van der Waals surface area contributed by atoms with Gasteiger partial charge in [-0.25, -0.2) is 0 Å². The zero-order valence-corrected chi connectivity index (χ0v) is 13.6. The lowest BCUT2D eigenvalue weighted by Crippen LogP contribution is -2.27. The average Bonchev–Trinajstić information content (AvgIpc) is 2.59. The lowest BCUT2D eigenvalue weighted by Gasteiger charge is -2.29. The quantitative estimate of drug-likeness (QED) is 0.759. The van der Waals surface area contributed by atoms with Crippen LogP contribution in [-0.2, 0) is 0 Å². The van der Waals surface area contributed by atoms with Gasteiger partial charge < -0.3 is 10.3 Å². The average molecular weight is 292 g/mol. The molecular weight excluding hydrogens is 268 g/mol. The summed E-state index contributed by atoms with van der Waals surface area (Å²) >= 11 is 0. The van der Waals surface area contributed by atoms with Crippen molar-refractivity contribution < 1.29 is 0 Å². The molecule has 2 aromatic carbocycles. The molecule has 1 atom stereocenters. The Morgan fingerprint density at radius 2 is 1.50 bits per heavy atom. The van der Waals surface area contributed by atoms with Crippen LogP contribution in [0.25, 0.3) is 5.70 Å². The first-order valence-corrected chi connectivity index (χ1v) is 7.77. The highest BCUT2D eigenvalue weighted by Crippen LogP contribution is 2.22. The highest BCUT2D eigenvalue weighted by Gasteiger charge is 2.13. The molecule has 22 heavy (non-hydrogen) atoms. The van der Waals surface area contributed by atoms with Crippen molar-refractivity contribution in [2.75, 3.05) is 7.05 Å². The number of nitrogens with one attached hydrogen (secondary N) is 1. The summed E-state index contributed by atoms with van der Waals surface area (Å²) < 4.78 is 0. The topological polar surface area (TPSA) is 27.1 Å². The van der Waals surface area contributed by atoms with Crippen molar-refractivity contribution in [1.29, 1.82) is 5.41 Å².